The zero-order valence-corrected chi connectivity index (χ0v) is 12.7. The van der Waals surface area contributed by atoms with Crippen LogP contribution in [0.2, 0.25) is 0 Å². The molecule has 4 rings (SSSR count). The number of hydrogen-bond acceptors (Lipinski definition) is 4. The van der Waals surface area contributed by atoms with Gasteiger partial charge in [-0.25, -0.2) is 0 Å². The van der Waals surface area contributed by atoms with Crippen molar-refractivity contribution in [1.29, 1.82) is 0 Å². The lowest BCUT2D eigenvalue weighted by Crippen LogP contribution is -2.31. The fourth-order valence-electron chi connectivity index (χ4n) is 3.03. The molecule has 0 saturated carbocycles. The molecule has 0 aromatic heterocycles. The molecule has 2 heterocycles. The number of hydrogen-bond donors (Lipinski definition) is 0. The van der Waals surface area contributed by atoms with Crippen LogP contribution in [0.1, 0.15) is 31.8 Å². The molecule has 116 valence electrons. The number of imide groups is 1. The van der Waals surface area contributed by atoms with E-state index in [0.717, 1.165) is 16.9 Å². The molecule has 0 fully saturated rings. The van der Waals surface area contributed by atoms with E-state index in [1.54, 1.807) is 24.3 Å². The first-order chi connectivity index (χ1) is 11.1. The second kappa shape index (κ2) is 5.12. The van der Waals surface area contributed by atoms with Gasteiger partial charge in [0.2, 0.25) is 6.79 Å². The molecule has 2 aliphatic heterocycles. The third-order valence-electron chi connectivity index (χ3n) is 4.31. The van der Waals surface area contributed by atoms with Gasteiger partial charge in [-0.1, -0.05) is 12.1 Å². The fourth-order valence-corrected chi connectivity index (χ4v) is 3.03. The zero-order chi connectivity index (χ0) is 16.0. The van der Waals surface area contributed by atoms with Gasteiger partial charge in [0.05, 0.1) is 11.1 Å². The predicted octanol–water partition coefficient (Wildman–Crippen LogP) is 2.56. The maximum atomic E-state index is 12.4. The second-order valence-corrected chi connectivity index (χ2v) is 5.69. The minimum atomic E-state index is -0.219. The fraction of sp³-hybridized carbons (Fsp3) is 0.222. The van der Waals surface area contributed by atoms with Crippen LogP contribution in [0.5, 0.6) is 11.5 Å². The molecule has 2 aromatic carbocycles. The van der Waals surface area contributed by atoms with Crippen LogP contribution in [0.3, 0.4) is 0 Å². The van der Waals surface area contributed by atoms with Crippen molar-refractivity contribution in [2.24, 2.45) is 0 Å². The van der Waals surface area contributed by atoms with Crippen molar-refractivity contribution < 1.29 is 19.1 Å². The zero-order valence-electron chi connectivity index (χ0n) is 12.7. The van der Waals surface area contributed by atoms with Crippen molar-refractivity contribution >= 4 is 11.8 Å². The van der Waals surface area contributed by atoms with E-state index in [4.69, 9.17) is 9.47 Å². The Bertz CT molecular complexity index is 793. The molecule has 0 spiro atoms. The minimum Gasteiger partial charge on any atom is -0.454 e. The van der Waals surface area contributed by atoms with E-state index in [0.29, 0.717) is 29.8 Å². The molecule has 5 heteroatoms. The standard InChI is InChI=1S/C18H15NO4/c1-11-8-15-16(23-10-22-15)9-12(11)6-7-19-17(20)13-4-2-3-5-14(13)18(19)21/h2-5,8-9H,6-7,10H2,1H3. The first-order valence-electron chi connectivity index (χ1n) is 7.49. The summed E-state index contributed by atoms with van der Waals surface area (Å²) < 4.78 is 10.7. The molecule has 0 bridgehead atoms. The molecular formula is C18H15NO4. The number of ether oxygens (including phenoxy) is 2. The SMILES string of the molecule is Cc1cc2c(cc1CCN1C(=O)c3ccccc3C1=O)OCO2. The van der Waals surface area contributed by atoms with Crippen LogP contribution in [0.4, 0.5) is 0 Å². The summed E-state index contributed by atoms with van der Waals surface area (Å²) in [5, 5.41) is 0. The van der Waals surface area contributed by atoms with Gasteiger partial charge in [0, 0.05) is 6.54 Å². The molecule has 0 saturated heterocycles. The summed E-state index contributed by atoms with van der Waals surface area (Å²) in [5.41, 5.74) is 3.08. The highest BCUT2D eigenvalue weighted by Crippen LogP contribution is 2.35. The first kappa shape index (κ1) is 13.8. The lowest BCUT2D eigenvalue weighted by atomic mass is 10.0. The monoisotopic (exact) mass is 309 g/mol. The van der Waals surface area contributed by atoms with E-state index in [-0.39, 0.29) is 18.6 Å². The van der Waals surface area contributed by atoms with Gasteiger partial charge in [-0.15, -0.1) is 0 Å². The van der Waals surface area contributed by atoms with Gasteiger partial charge in [0.25, 0.3) is 11.8 Å². The number of carbonyl (C=O) groups is 2. The molecule has 0 unspecified atom stereocenters. The third kappa shape index (κ3) is 2.16. The number of nitrogens with zero attached hydrogens (tertiary/aromatic N) is 1. The lowest BCUT2D eigenvalue weighted by molar-refractivity contribution is 0.0656. The van der Waals surface area contributed by atoms with Gasteiger partial charge in [-0.2, -0.15) is 0 Å². The van der Waals surface area contributed by atoms with Crippen LogP contribution in [0.15, 0.2) is 36.4 Å². The summed E-state index contributed by atoms with van der Waals surface area (Å²) in [6.45, 7) is 2.57. The van der Waals surface area contributed by atoms with Crippen molar-refractivity contribution in [3.05, 3.63) is 58.7 Å². The Balaban J connectivity index is 1.55. The normalized spacial score (nSPS) is 15.3. The molecule has 2 aliphatic rings. The summed E-state index contributed by atoms with van der Waals surface area (Å²) in [4.78, 5) is 26.0. The number of carbonyl (C=O) groups excluding carboxylic acids is 2. The Labute approximate surface area is 133 Å². The highest BCUT2D eigenvalue weighted by atomic mass is 16.7. The second-order valence-electron chi connectivity index (χ2n) is 5.69. The average molecular weight is 309 g/mol. The van der Waals surface area contributed by atoms with Crippen molar-refractivity contribution in [3.63, 3.8) is 0 Å². The number of aryl methyl sites for hydroxylation is 1. The molecule has 23 heavy (non-hydrogen) atoms. The number of rotatable bonds is 3. The molecule has 5 nitrogen and oxygen atoms in total. The molecule has 0 N–H and O–H groups in total. The van der Waals surface area contributed by atoms with Crippen LogP contribution in [0, 0.1) is 6.92 Å². The topological polar surface area (TPSA) is 55.8 Å². The predicted molar refractivity (Wildman–Crippen MR) is 82.8 cm³/mol. The number of benzene rings is 2. The van der Waals surface area contributed by atoms with Gasteiger partial charge >= 0.3 is 0 Å². The lowest BCUT2D eigenvalue weighted by Gasteiger charge is -2.15. The molecule has 0 atom stereocenters. The Morgan fingerprint density at radius 3 is 2.26 bits per heavy atom. The van der Waals surface area contributed by atoms with Gasteiger partial charge in [-0.05, 0) is 48.7 Å². The summed E-state index contributed by atoms with van der Waals surface area (Å²) in [6, 6.07) is 10.8. The van der Waals surface area contributed by atoms with Crippen LogP contribution < -0.4 is 9.47 Å². The third-order valence-corrected chi connectivity index (χ3v) is 4.31. The van der Waals surface area contributed by atoms with E-state index in [2.05, 4.69) is 0 Å². The van der Waals surface area contributed by atoms with E-state index in [9.17, 15) is 9.59 Å². The van der Waals surface area contributed by atoms with Crippen LogP contribution in [0.25, 0.3) is 0 Å². The maximum Gasteiger partial charge on any atom is 0.261 e. The summed E-state index contributed by atoms with van der Waals surface area (Å²) >= 11 is 0. The van der Waals surface area contributed by atoms with E-state index < -0.39 is 0 Å². The highest BCUT2D eigenvalue weighted by Gasteiger charge is 2.34. The Morgan fingerprint density at radius 1 is 1.00 bits per heavy atom. The Morgan fingerprint density at radius 2 is 1.61 bits per heavy atom. The smallest absolute Gasteiger partial charge is 0.261 e. The molecular weight excluding hydrogens is 294 g/mol. The Kier molecular flexibility index (Phi) is 3.08. The van der Waals surface area contributed by atoms with Crippen molar-refractivity contribution in [2.75, 3.05) is 13.3 Å². The van der Waals surface area contributed by atoms with E-state index in [1.165, 1.54) is 4.90 Å². The first-order valence-corrected chi connectivity index (χ1v) is 7.49. The van der Waals surface area contributed by atoms with Crippen LogP contribution in [-0.2, 0) is 6.42 Å². The molecule has 2 aromatic rings. The van der Waals surface area contributed by atoms with E-state index in [1.807, 2.05) is 19.1 Å². The van der Waals surface area contributed by atoms with Crippen molar-refractivity contribution in [3.8, 4) is 11.5 Å². The van der Waals surface area contributed by atoms with Gasteiger partial charge < -0.3 is 9.47 Å². The van der Waals surface area contributed by atoms with Crippen molar-refractivity contribution in [1.82, 2.24) is 4.90 Å². The van der Waals surface area contributed by atoms with Crippen LogP contribution >= 0.6 is 0 Å². The number of amides is 2. The summed E-state index contributed by atoms with van der Waals surface area (Å²) in [7, 11) is 0. The van der Waals surface area contributed by atoms with Gasteiger partial charge in [-0.3, -0.25) is 14.5 Å². The molecule has 0 aliphatic carbocycles. The summed E-state index contributed by atoms with van der Waals surface area (Å²) in [6.07, 6.45) is 0.591. The number of fused-ring (bicyclic) bond motifs is 2. The quantitative estimate of drug-likeness (QED) is 0.818. The van der Waals surface area contributed by atoms with Crippen molar-refractivity contribution in [2.45, 2.75) is 13.3 Å². The molecule has 2 amide bonds. The highest BCUT2D eigenvalue weighted by molar-refractivity contribution is 6.21. The Hall–Kier alpha value is -2.82. The minimum absolute atomic E-state index is 0.219. The largest absolute Gasteiger partial charge is 0.454 e. The van der Waals surface area contributed by atoms with Crippen LogP contribution in [-0.4, -0.2) is 30.1 Å². The maximum absolute atomic E-state index is 12.4. The summed E-state index contributed by atoms with van der Waals surface area (Å²) in [5.74, 6) is 1.02. The van der Waals surface area contributed by atoms with E-state index >= 15 is 0 Å². The van der Waals surface area contributed by atoms with Gasteiger partial charge in [0.15, 0.2) is 11.5 Å². The van der Waals surface area contributed by atoms with Gasteiger partial charge in [0.1, 0.15) is 0 Å². The molecule has 0 radical (unpaired) electrons. The average Bonchev–Trinajstić information content (AvgIpc) is 3.10.